The Morgan fingerprint density at radius 2 is 2.00 bits per heavy atom. The van der Waals surface area contributed by atoms with E-state index in [0.717, 1.165) is 0 Å². The SMILES string of the molecule is O=C1OI(=O)([O-])c2ccccc21. The van der Waals surface area contributed by atoms with Crippen molar-refractivity contribution < 1.29 is 14.4 Å². The molecule has 1 unspecified atom stereocenters. The Labute approximate surface area is 73.1 Å². The molecule has 1 heterocycles. The second-order valence-electron chi connectivity index (χ2n) is 2.26. The first kappa shape index (κ1) is 7.81. The van der Waals surface area contributed by atoms with Crippen LogP contribution in [0.1, 0.15) is 10.4 Å². The Bertz CT molecular complexity index is 398. The van der Waals surface area contributed by atoms with E-state index in [9.17, 15) is 11.3 Å². The summed E-state index contributed by atoms with van der Waals surface area (Å²) in [6.45, 7) is 0. The van der Waals surface area contributed by atoms with Gasteiger partial charge in [-0.2, -0.15) is 0 Å². The minimum absolute atomic E-state index is 0.0504. The molecule has 0 radical (unpaired) electrons. The van der Waals surface area contributed by atoms with E-state index in [2.05, 4.69) is 3.07 Å². The van der Waals surface area contributed by atoms with Crippen molar-refractivity contribution >= 4 is 25.2 Å². The predicted molar refractivity (Wildman–Crippen MR) is 45.3 cm³/mol. The van der Waals surface area contributed by atoms with Crippen molar-refractivity contribution in [2.45, 2.75) is 0 Å². The second kappa shape index (κ2) is 2.33. The standard InChI is InChI=1S/C7H5IO4/c9-7-5-3-1-2-4-6(5)8(10,11)12-7/h1-4H,(H,10,11)/p-1. The molecule has 4 nitrogen and oxygen atoms in total. The summed E-state index contributed by atoms with van der Waals surface area (Å²) in [7, 11) is 0. The Morgan fingerprint density at radius 1 is 1.33 bits per heavy atom. The topological polar surface area (TPSA) is 66.4 Å². The molecule has 0 bridgehead atoms. The predicted octanol–water partition coefficient (Wildman–Crippen LogP) is 0.605. The van der Waals surface area contributed by atoms with Crippen LogP contribution in [0.5, 0.6) is 0 Å². The first-order valence-electron chi connectivity index (χ1n) is 3.14. The summed E-state index contributed by atoms with van der Waals surface area (Å²) in [6.07, 6.45) is 0. The van der Waals surface area contributed by atoms with E-state index in [1.807, 2.05) is 0 Å². The van der Waals surface area contributed by atoms with Gasteiger partial charge in [-0.3, -0.25) is 0 Å². The number of benzene rings is 1. The van der Waals surface area contributed by atoms with Gasteiger partial charge in [0.25, 0.3) is 0 Å². The van der Waals surface area contributed by atoms with Crippen LogP contribution in [-0.2, 0) is 6.14 Å². The molecule has 0 amide bonds. The van der Waals surface area contributed by atoms with Crippen LogP contribution in [0.2, 0.25) is 0 Å². The van der Waals surface area contributed by atoms with Crippen LogP contribution in [-0.4, -0.2) is 5.97 Å². The summed E-state index contributed by atoms with van der Waals surface area (Å²) >= 11 is -4.79. The molecule has 0 aliphatic carbocycles. The fourth-order valence-corrected chi connectivity index (χ4v) is 3.76. The fraction of sp³-hybridized carbons (Fsp3) is 0. The molecule has 0 saturated heterocycles. The number of rotatable bonds is 0. The molecular formula is C7H4IO4-. The number of hydrogen-bond donors (Lipinski definition) is 0. The third-order valence-corrected chi connectivity index (χ3v) is 4.86. The fourth-order valence-electron chi connectivity index (χ4n) is 1.00. The molecule has 5 heteroatoms. The third-order valence-electron chi connectivity index (χ3n) is 1.51. The summed E-state index contributed by atoms with van der Waals surface area (Å²) in [6, 6.07) is 5.99. The number of fused-ring (bicyclic) bond motifs is 1. The van der Waals surface area contributed by atoms with Crippen LogP contribution in [0, 0.1) is 3.57 Å². The van der Waals surface area contributed by atoms with Crippen molar-refractivity contribution in [2.24, 2.45) is 0 Å². The van der Waals surface area contributed by atoms with Crippen molar-refractivity contribution in [3.05, 3.63) is 33.4 Å². The summed E-state index contributed by atoms with van der Waals surface area (Å²) in [5.41, 5.74) is 0.152. The van der Waals surface area contributed by atoms with Crippen molar-refractivity contribution in [1.82, 2.24) is 0 Å². The molecule has 0 saturated carbocycles. The van der Waals surface area contributed by atoms with Crippen LogP contribution in [0.3, 0.4) is 0 Å². The molecule has 1 aliphatic heterocycles. The van der Waals surface area contributed by atoms with E-state index >= 15 is 0 Å². The van der Waals surface area contributed by atoms with E-state index in [1.54, 1.807) is 12.1 Å². The molecule has 1 aromatic carbocycles. The normalized spacial score (nSPS) is 31.9. The van der Waals surface area contributed by atoms with Gasteiger partial charge in [0.1, 0.15) is 0 Å². The van der Waals surface area contributed by atoms with E-state index in [1.165, 1.54) is 12.1 Å². The van der Waals surface area contributed by atoms with Crippen molar-refractivity contribution in [3.8, 4) is 0 Å². The van der Waals surface area contributed by atoms with E-state index in [0.29, 0.717) is 0 Å². The van der Waals surface area contributed by atoms with E-state index in [-0.39, 0.29) is 9.13 Å². The average Bonchev–Trinajstić information content (AvgIpc) is 2.25. The molecule has 2 rings (SSSR count). The maximum absolute atomic E-state index is 11.1. The zero-order valence-electron chi connectivity index (χ0n) is 5.82. The number of carbonyl (C=O) groups is 1. The molecule has 0 aromatic heterocycles. The third kappa shape index (κ3) is 0.969. The van der Waals surface area contributed by atoms with E-state index < -0.39 is 25.2 Å². The van der Waals surface area contributed by atoms with Gasteiger partial charge in [0.15, 0.2) is 0 Å². The minimum atomic E-state index is -4.79. The maximum atomic E-state index is 11.1. The molecule has 1 atom stereocenters. The van der Waals surface area contributed by atoms with Gasteiger partial charge >= 0.3 is 73.0 Å². The molecule has 1 aromatic rings. The van der Waals surface area contributed by atoms with Gasteiger partial charge in [-0.15, -0.1) is 0 Å². The van der Waals surface area contributed by atoms with Crippen molar-refractivity contribution in [3.63, 3.8) is 0 Å². The number of hydrogen-bond acceptors (Lipinski definition) is 4. The average molecular weight is 279 g/mol. The van der Waals surface area contributed by atoms with Crippen molar-refractivity contribution in [1.29, 1.82) is 0 Å². The summed E-state index contributed by atoms with van der Waals surface area (Å²) in [5.74, 6) is -0.757. The Balaban J connectivity index is 2.74. The van der Waals surface area contributed by atoms with Gasteiger partial charge in [-0.25, -0.2) is 0 Å². The van der Waals surface area contributed by atoms with Gasteiger partial charge < -0.3 is 0 Å². The van der Waals surface area contributed by atoms with Crippen LogP contribution >= 0.6 is 19.3 Å². The molecule has 0 spiro atoms. The van der Waals surface area contributed by atoms with Gasteiger partial charge in [-0.05, 0) is 0 Å². The van der Waals surface area contributed by atoms with Crippen LogP contribution < -0.4 is 3.44 Å². The zero-order chi connectivity index (χ0) is 8.77. The molecule has 0 N–H and O–H groups in total. The van der Waals surface area contributed by atoms with Crippen LogP contribution in [0.25, 0.3) is 0 Å². The number of halogens is 1. The van der Waals surface area contributed by atoms with Gasteiger partial charge in [0.2, 0.25) is 0 Å². The molecule has 1 aliphatic rings. The Kier molecular flexibility index (Phi) is 1.52. The Hall–Kier alpha value is -0.820. The first-order valence-corrected chi connectivity index (χ1v) is 6.86. The molecule has 12 heavy (non-hydrogen) atoms. The van der Waals surface area contributed by atoms with Crippen molar-refractivity contribution in [2.75, 3.05) is 0 Å². The second-order valence-corrected chi connectivity index (χ2v) is 6.27. The van der Waals surface area contributed by atoms with Crippen LogP contribution in [0.15, 0.2) is 24.3 Å². The molecule has 0 fully saturated rings. The van der Waals surface area contributed by atoms with Gasteiger partial charge in [0.05, 0.1) is 0 Å². The Morgan fingerprint density at radius 3 is 2.67 bits per heavy atom. The number of carbonyl (C=O) groups excluding carboxylic acids is 1. The zero-order valence-corrected chi connectivity index (χ0v) is 7.98. The first-order chi connectivity index (χ1) is 5.61. The molecule has 64 valence electrons. The van der Waals surface area contributed by atoms with Crippen LogP contribution in [0.4, 0.5) is 0 Å². The van der Waals surface area contributed by atoms with E-state index in [4.69, 9.17) is 0 Å². The molecular weight excluding hydrogens is 275 g/mol. The quantitative estimate of drug-likeness (QED) is 0.652. The van der Waals surface area contributed by atoms with Gasteiger partial charge in [0, 0.05) is 0 Å². The monoisotopic (exact) mass is 279 g/mol. The summed E-state index contributed by atoms with van der Waals surface area (Å²) in [5, 5.41) is 0. The van der Waals surface area contributed by atoms with Gasteiger partial charge in [-0.1, -0.05) is 0 Å². The summed E-state index contributed by atoms with van der Waals surface area (Å²) < 4.78 is 26.5. The summed E-state index contributed by atoms with van der Waals surface area (Å²) in [4.78, 5) is 10.9.